The Labute approximate surface area is 219 Å². The molecule has 10 nitrogen and oxygen atoms in total. The van der Waals surface area contributed by atoms with Crippen molar-refractivity contribution in [3.63, 3.8) is 0 Å². The molecule has 2 heterocycles. The van der Waals surface area contributed by atoms with Crippen molar-refractivity contribution in [2.45, 2.75) is 0 Å². The van der Waals surface area contributed by atoms with Gasteiger partial charge in [-0.05, 0) is 35.9 Å². The van der Waals surface area contributed by atoms with Gasteiger partial charge in [-0.3, -0.25) is 24.6 Å². The number of non-ortho nitro benzene ring substituents is 1. The van der Waals surface area contributed by atoms with Crippen LogP contribution in [0.25, 0.3) is 11.3 Å². The van der Waals surface area contributed by atoms with Crippen LogP contribution in [0.4, 0.5) is 22.7 Å². The minimum absolute atomic E-state index is 0.0134. The van der Waals surface area contributed by atoms with E-state index in [1.54, 1.807) is 18.0 Å². The molecule has 10 heteroatoms. The van der Waals surface area contributed by atoms with Gasteiger partial charge in [-0.2, -0.15) is 0 Å². The van der Waals surface area contributed by atoms with Crippen molar-refractivity contribution in [3.8, 4) is 0 Å². The molecular weight excluding hydrogens is 486 g/mol. The summed E-state index contributed by atoms with van der Waals surface area (Å²) in [5.41, 5.74) is 3.90. The van der Waals surface area contributed by atoms with Crippen LogP contribution in [-0.2, 0) is 14.3 Å². The molecule has 3 aromatic carbocycles. The normalized spacial score (nSPS) is 16.4. The minimum atomic E-state index is -0.480. The maximum atomic E-state index is 13.1. The van der Waals surface area contributed by atoms with Crippen molar-refractivity contribution in [3.05, 3.63) is 94.0 Å². The maximum absolute atomic E-state index is 13.1. The number of ether oxygens (including phenoxy) is 1. The highest BCUT2D eigenvalue weighted by molar-refractivity contribution is 6.37. The first-order valence-corrected chi connectivity index (χ1v) is 12.2. The molecule has 0 bridgehead atoms. The Morgan fingerprint density at radius 2 is 1.79 bits per heavy atom. The van der Waals surface area contributed by atoms with Crippen molar-refractivity contribution in [1.82, 2.24) is 4.90 Å². The third kappa shape index (κ3) is 5.26. The smallest absolute Gasteiger partial charge is 0.270 e. The molecule has 0 atom stereocenters. The molecule has 2 N–H and O–H groups in total. The first-order chi connectivity index (χ1) is 18.4. The van der Waals surface area contributed by atoms with E-state index in [0.29, 0.717) is 48.0 Å². The molecule has 0 spiro atoms. The Bertz CT molecular complexity index is 1400. The standard InChI is InChI=1S/C28H27N5O5/c1-31(25(34)18-32-13-15-38-16-14-32)21-9-7-20(8-10-21)29-27(19-5-3-2-4-6-19)26-23-17-22(33(36)37)11-12-24(23)30-28(26)35/h2-12,17,29H,13-16,18H2,1H3,(H,30,35). The van der Waals surface area contributed by atoms with Gasteiger partial charge in [0.2, 0.25) is 5.91 Å². The van der Waals surface area contributed by atoms with Gasteiger partial charge in [0.05, 0.1) is 36.0 Å². The number of rotatable bonds is 7. The van der Waals surface area contributed by atoms with E-state index in [9.17, 15) is 19.7 Å². The summed E-state index contributed by atoms with van der Waals surface area (Å²) in [6.45, 7) is 3.06. The van der Waals surface area contributed by atoms with E-state index in [-0.39, 0.29) is 17.5 Å². The van der Waals surface area contributed by atoms with E-state index in [0.717, 1.165) is 24.3 Å². The van der Waals surface area contributed by atoms with Gasteiger partial charge >= 0.3 is 0 Å². The number of likely N-dealkylation sites (N-methyl/N-ethyl adjacent to an activating group) is 1. The number of hydrogen-bond donors (Lipinski definition) is 2. The molecule has 2 aliphatic heterocycles. The van der Waals surface area contributed by atoms with Crippen LogP contribution in [0.5, 0.6) is 0 Å². The third-order valence-corrected chi connectivity index (χ3v) is 6.63. The number of morpholine rings is 1. The Morgan fingerprint density at radius 3 is 2.47 bits per heavy atom. The van der Waals surface area contributed by atoms with Crippen LogP contribution in [0.3, 0.4) is 0 Å². The van der Waals surface area contributed by atoms with Crippen LogP contribution in [0.1, 0.15) is 11.1 Å². The third-order valence-electron chi connectivity index (χ3n) is 6.63. The molecule has 1 saturated heterocycles. The Balaban J connectivity index is 1.44. The average Bonchev–Trinajstić information content (AvgIpc) is 3.27. The van der Waals surface area contributed by atoms with E-state index < -0.39 is 4.92 Å². The zero-order chi connectivity index (χ0) is 26.6. The lowest BCUT2D eigenvalue weighted by Crippen LogP contribution is -2.43. The number of nitro benzene ring substituents is 1. The molecule has 1 fully saturated rings. The van der Waals surface area contributed by atoms with Gasteiger partial charge in [-0.15, -0.1) is 0 Å². The molecule has 2 amide bonds. The van der Waals surface area contributed by atoms with Crippen molar-refractivity contribution >= 4 is 45.8 Å². The van der Waals surface area contributed by atoms with Crippen molar-refractivity contribution in [2.24, 2.45) is 0 Å². The number of fused-ring (bicyclic) bond motifs is 1. The highest BCUT2D eigenvalue weighted by Gasteiger charge is 2.30. The summed E-state index contributed by atoms with van der Waals surface area (Å²) in [5.74, 6) is -0.363. The largest absolute Gasteiger partial charge is 0.379 e. The Hall–Kier alpha value is -4.54. The number of nitrogens with one attached hydrogen (secondary N) is 2. The summed E-state index contributed by atoms with van der Waals surface area (Å²) in [4.78, 5) is 40.5. The lowest BCUT2D eigenvalue weighted by molar-refractivity contribution is -0.384. The first kappa shape index (κ1) is 25.1. The van der Waals surface area contributed by atoms with Crippen LogP contribution < -0.4 is 15.5 Å². The zero-order valence-corrected chi connectivity index (χ0v) is 20.8. The summed E-state index contributed by atoms with van der Waals surface area (Å²) < 4.78 is 5.35. The summed E-state index contributed by atoms with van der Waals surface area (Å²) in [5, 5.41) is 17.5. The second-order valence-corrected chi connectivity index (χ2v) is 9.07. The summed E-state index contributed by atoms with van der Waals surface area (Å²) in [6.07, 6.45) is 0. The van der Waals surface area contributed by atoms with Gasteiger partial charge in [0.25, 0.3) is 11.6 Å². The zero-order valence-electron chi connectivity index (χ0n) is 20.8. The van der Waals surface area contributed by atoms with Crippen LogP contribution in [0.15, 0.2) is 72.8 Å². The fraction of sp³-hybridized carbons (Fsp3) is 0.214. The highest BCUT2D eigenvalue weighted by atomic mass is 16.6. The van der Waals surface area contributed by atoms with Crippen molar-refractivity contribution < 1.29 is 19.2 Å². The van der Waals surface area contributed by atoms with Crippen LogP contribution in [-0.4, -0.2) is 61.5 Å². The van der Waals surface area contributed by atoms with E-state index in [1.165, 1.54) is 12.1 Å². The summed E-state index contributed by atoms with van der Waals surface area (Å²) in [6, 6.07) is 21.0. The fourth-order valence-electron chi connectivity index (χ4n) is 4.51. The lowest BCUT2D eigenvalue weighted by atomic mass is 9.99. The van der Waals surface area contributed by atoms with Crippen molar-refractivity contribution in [1.29, 1.82) is 0 Å². The predicted molar refractivity (Wildman–Crippen MR) is 146 cm³/mol. The second kappa shape index (κ2) is 10.8. The topological polar surface area (TPSA) is 117 Å². The number of nitrogens with zero attached hydrogens (tertiary/aromatic N) is 3. The summed E-state index contributed by atoms with van der Waals surface area (Å²) in [7, 11) is 1.75. The number of carbonyl (C=O) groups is 2. The number of anilines is 3. The molecule has 38 heavy (non-hydrogen) atoms. The van der Waals surface area contributed by atoms with E-state index >= 15 is 0 Å². The molecule has 0 saturated carbocycles. The summed E-state index contributed by atoms with van der Waals surface area (Å²) >= 11 is 0. The second-order valence-electron chi connectivity index (χ2n) is 9.07. The molecule has 5 rings (SSSR count). The van der Waals surface area contributed by atoms with Gasteiger partial charge in [0.15, 0.2) is 0 Å². The average molecular weight is 514 g/mol. The maximum Gasteiger partial charge on any atom is 0.270 e. The van der Waals surface area contributed by atoms with Crippen LogP contribution in [0, 0.1) is 10.1 Å². The molecule has 2 aliphatic rings. The number of hydrogen-bond acceptors (Lipinski definition) is 7. The van der Waals surface area contributed by atoms with E-state index in [1.807, 2.05) is 54.6 Å². The van der Waals surface area contributed by atoms with Crippen LogP contribution >= 0.6 is 0 Å². The number of nitro groups is 1. The van der Waals surface area contributed by atoms with Gasteiger partial charge in [0, 0.05) is 54.9 Å². The number of amides is 2. The molecule has 0 aromatic heterocycles. The van der Waals surface area contributed by atoms with Gasteiger partial charge in [0.1, 0.15) is 0 Å². The van der Waals surface area contributed by atoms with Gasteiger partial charge in [-0.25, -0.2) is 0 Å². The molecule has 194 valence electrons. The number of benzene rings is 3. The van der Waals surface area contributed by atoms with E-state index in [2.05, 4.69) is 15.5 Å². The SMILES string of the molecule is CN(C(=O)CN1CCOCC1)c1ccc(NC(=C2C(=O)Nc3ccc([N+](=O)[O-])cc32)c2ccccc2)cc1. The molecule has 3 aromatic rings. The van der Waals surface area contributed by atoms with Gasteiger partial charge in [-0.1, -0.05) is 30.3 Å². The Morgan fingerprint density at radius 1 is 1.08 bits per heavy atom. The van der Waals surface area contributed by atoms with Gasteiger partial charge < -0.3 is 20.3 Å². The van der Waals surface area contributed by atoms with Crippen LogP contribution in [0.2, 0.25) is 0 Å². The quantitative estimate of drug-likeness (QED) is 0.280. The van der Waals surface area contributed by atoms with Crippen molar-refractivity contribution in [2.75, 3.05) is 55.4 Å². The molecule has 0 unspecified atom stereocenters. The highest BCUT2D eigenvalue weighted by Crippen LogP contribution is 2.39. The molecule has 0 aliphatic carbocycles. The Kier molecular flexibility index (Phi) is 7.16. The minimum Gasteiger partial charge on any atom is -0.379 e. The monoisotopic (exact) mass is 513 g/mol. The first-order valence-electron chi connectivity index (χ1n) is 12.2. The lowest BCUT2D eigenvalue weighted by Gasteiger charge is -2.28. The fourth-order valence-corrected chi connectivity index (χ4v) is 4.51. The molecule has 0 radical (unpaired) electrons. The predicted octanol–water partition coefficient (Wildman–Crippen LogP) is 3.82. The molecular formula is C28H27N5O5. The number of carbonyl (C=O) groups excluding carboxylic acids is 2. The van der Waals surface area contributed by atoms with E-state index in [4.69, 9.17) is 4.74 Å².